The fraction of sp³-hybridized carbons (Fsp3) is 0.850. The summed E-state index contributed by atoms with van der Waals surface area (Å²) in [6, 6.07) is 0. The summed E-state index contributed by atoms with van der Waals surface area (Å²) in [4.78, 5) is 4.25. The summed E-state index contributed by atoms with van der Waals surface area (Å²) in [6.45, 7) is 9.36. The summed E-state index contributed by atoms with van der Waals surface area (Å²) in [5.41, 5.74) is 0.188. The number of imidazole rings is 1. The van der Waals surface area contributed by atoms with Gasteiger partial charge in [-0.05, 0) is 32.6 Å². The molecule has 0 saturated carbocycles. The molecule has 22 heavy (non-hydrogen) atoms. The Labute approximate surface area is 138 Å². The van der Waals surface area contributed by atoms with E-state index in [0.29, 0.717) is 0 Å². The lowest BCUT2D eigenvalue weighted by Crippen LogP contribution is -2.34. The van der Waals surface area contributed by atoms with Crippen LogP contribution in [0.3, 0.4) is 0 Å². The van der Waals surface area contributed by atoms with Crippen LogP contribution >= 0.6 is 0 Å². The van der Waals surface area contributed by atoms with Crippen molar-refractivity contribution in [3.05, 3.63) is 18.7 Å². The van der Waals surface area contributed by atoms with E-state index in [1.807, 2.05) is 12.5 Å². The van der Waals surface area contributed by atoms with Gasteiger partial charge in [0.25, 0.3) is 0 Å². The zero-order chi connectivity index (χ0) is 16.3. The standard InChI is InChI=1S/C20H38N2/c1-5-7-9-10-11-12-13-15-19(14-8-6-2)20(3,4)22-17-16-21-18-22/h16-19H,5-15H2,1-4H3/t19-/m0/s1. The van der Waals surface area contributed by atoms with Gasteiger partial charge in [-0.1, -0.05) is 71.6 Å². The van der Waals surface area contributed by atoms with E-state index in [-0.39, 0.29) is 5.54 Å². The van der Waals surface area contributed by atoms with Crippen LogP contribution in [0.2, 0.25) is 0 Å². The molecule has 1 aromatic heterocycles. The highest BCUT2D eigenvalue weighted by Crippen LogP contribution is 2.33. The first kappa shape index (κ1) is 19.3. The fourth-order valence-electron chi connectivity index (χ4n) is 3.46. The van der Waals surface area contributed by atoms with Gasteiger partial charge in [-0.15, -0.1) is 0 Å². The molecule has 1 atom stereocenters. The highest BCUT2D eigenvalue weighted by Gasteiger charge is 2.29. The minimum Gasteiger partial charge on any atom is -0.332 e. The number of aromatic nitrogens is 2. The van der Waals surface area contributed by atoms with E-state index in [1.165, 1.54) is 70.6 Å². The number of hydrogen-bond donors (Lipinski definition) is 0. The number of rotatable bonds is 13. The third-order valence-corrected chi connectivity index (χ3v) is 5.23. The Morgan fingerprint density at radius 2 is 1.45 bits per heavy atom. The lowest BCUT2D eigenvalue weighted by atomic mass is 9.79. The average Bonchev–Trinajstić information content (AvgIpc) is 3.04. The minimum absolute atomic E-state index is 0.188. The van der Waals surface area contributed by atoms with Gasteiger partial charge in [0.05, 0.1) is 6.33 Å². The first-order chi connectivity index (χ1) is 10.6. The summed E-state index contributed by atoms with van der Waals surface area (Å²) in [6.07, 6.45) is 21.2. The van der Waals surface area contributed by atoms with Crippen molar-refractivity contribution in [2.45, 2.75) is 104 Å². The van der Waals surface area contributed by atoms with Crippen LogP contribution in [0.1, 0.15) is 98.3 Å². The fourth-order valence-corrected chi connectivity index (χ4v) is 3.46. The Morgan fingerprint density at radius 1 is 0.864 bits per heavy atom. The monoisotopic (exact) mass is 306 g/mol. The minimum atomic E-state index is 0.188. The van der Waals surface area contributed by atoms with Crippen molar-refractivity contribution in [2.75, 3.05) is 0 Å². The van der Waals surface area contributed by atoms with Gasteiger partial charge < -0.3 is 4.57 Å². The molecule has 1 aromatic rings. The highest BCUT2D eigenvalue weighted by atomic mass is 15.1. The quantitative estimate of drug-likeness (QED) is 0.377. The predicted molar refractivity (Wildman–Crippen MR) is 97.2 cm³/mol. The Bertz CT molecular complexity index is 354. The molecule has 2 heteroatoms. The number of nitrogens with zero attached hydrogens (tertiary/aromatic N) is 2. The smallest absolute Gasteiger partial charge is 0.0951 e. The highest BCUT2D eigenvalue weighted by molar-refractivity contribution is 4.90. The molecule has 0 aliphatic heterocycles. The van der Waals surface area contributed by atoms with Gasteiger partial charge in [-0.2, -0.15) is 0 Å². The molecule has 0 bridgehead atoms. The van der Waals surface area contributed by atoms with E-state index in [4.69, 9.17) is 0 Å². The summed E-state index contributed by atoms with van der Waals surface area (Å²) < 4.78 is 2.31. The molecule has 1 rings (SSSR count). The van der Waals surface area contributed by atoms with Gasteiger partial charge in [0.1, 0.15) is 0 Å². The van der Waals surface area contributed by atoms with Gasteiger partial charge in [0, 0.05) is 17.9 Å². The van der Waals surface area contributed by atoms with Crippen LogP contribution in [-0.4, -0.2) is 9.55 Å². The zero-order valence-corrected chi connectivity index (χ0v) is 15.5. The van der Waals surface area contributed by atoms with E-state index in [1.54, 1.807) is 0 Å². The molecular formula is C20H38N2. The molecule has 0 saturated heterocycles. The lowest BCUT2D eigenvalue weighted by molar-refractivity contribution is 0.182. The van der Waals surface area contributed by atoms with E-state index in [2.05, 4.69) is 43.4 Å². The van der Waals surface area contributed by atoms with Crippen LogP contribution in [0, 0.1) is 5.92 Å². The molecule has 128 valence electrons. The van der Waals surface area contributed by atoms with Crippen molar-refractivity contribution < 1.29 is 0 Å². The van der Waals surface area contributed by atoms with Crippen LogP contribution in [0.25, 0.3) is 0 Å². The van der Waals surface area contributed by atoms with Crippen molar-refractivity contribution in [3.63, 3.8) is 0 Å². The van der Waals surface area contributed by atoms with Crippen molar-refractivity contribution in [1.29, 1.82) is 0 Å². The van der Waals surface area contributed by atoms with Gasteiger partial charge >= 0.3 is 0 Å². The van der Waals surface area contributed by atoms with E-state index < -0.39 is 0 Å². The van der Waals surface area contributed by atoms with Crippen molar-refractivity contribution in [3.8, 4) is 0 Å². The maximum absolute atomic E-state index is 4.25. The summed E-state index contributed by atoms with van der Waals surface area (Å²) in [5.74, 6) is 0.761. The lowest BCUT2D eigenvalue weighted by Gasteiger charge is -2.36. The van der Waals surface area contributed by atoms with E-state index in [0.717, 1.165) is 5.92 Å². The SMILES string of the molecule is CCCCCCCCC[C@H](CCCC)C(C)(C)n1ccnc1. The van der Waals surface area contributed by atoms with Crippen LogP contribution < -0.4 is 0 Å². The first-order valence-electron chi connectivity index (χ1n) is 9.61. The average molecular weight is 307 g/mol. The van der Waals surface area contributed by atoms with Gasteiger partial charge in [-0.3, -0.25) is 0 Å². The second-order valence-electron chi connectivity index (χ2n) is 7.37. The molecule has 2 nitrogen and oxygen atoms in total. The van der Waals surface area contributed by atoms with Gasteiger partial charge in [0.2, 0.25) is 0 Å². The van der Waals surface area contributed by atoms with E-state index in [9.17, 15) is 0 Å². The maximum Gasteiger partial charge on any atom is 0.0951 e. The van der Waals surface area contributed by atoms with Crippen LogP contribution in [0.4, 0.5) is 0 Å². The molecule has 0 unspecified atom stereocenters. The Morgan fingerprint density at radius 3 is 2.05 bits per heavy atom. The van der Waals surface area contributed by atoms with Crippen LogP contribution in [-0.2, 0) is 5.54 Å². The third-order valence-electron chi connectivity index (χ3n) is 5.23. The summed E-state index contributed by atoms with van der Waals surface area (Å²) >= 11 is 0. The largest absolute Gasteiger partial charge is 0.332 e. The van der Waals surface area contributed by atoms with Crippen LogP contribution in [0.5, 0.6) is 0 Å². The molecule has 0 aliphatic rings. The molecule has 0 aliphatic carbocycles. The second kappa shape index (κ2) is 10.9. The first-order valence-corrected chi connectivity index (χ1v) is 9.61. The van der Waals surface area contributed by atoms with Gasteiger partial charge in [-0.25, -0.2) is 4.98 Å². The Hall–Kier alpha value is -0.790. The normalized spacial score (nSPS) is 13.5. The molecule has 0 fully saturated rings. The van der Waals surface area contributed by atoms with Crippen molar-refractivity contribution in [1.82, 2.24) is 9.55 Å². The summed E-state index contributed by atoms with van der Waals surface area (Å²) in [5, 5.41) is 0. The maximum atomic E-state index is 4.25. The zero-order valence-electron chi connectivity index (χ0n) is 15.5. The Balaban J connectivity index is 2.40. The molecule has 0 N–H and O–H groups in total. The number of hydrogen-bond acceptors (Lipinski definition) is 1. The van der Waals surface area contributed by atoms with Crippen molar-refractivity contribution in [2.24, 2.45) is 5.92 Å². The molecule has 0 spiro atoms. The second-order valence-corrected chi connectivity index (χ2v) is 7.37. The molecule has 0 radical (unpaired) electrons. The molecule has 0 aromatic carbocycles. The summed E-state index contributed by atoms with van der Waals surface area (Å²) in [7, 11) is 0. The molecular weight excluding hydrogens is 268 g/mol. The Kier molecular flexibility index (Phi) is 9.50. The van der Waals surface area contributed by atoms with E-state index >= 15 is 0 Å². The topological polar surface area (TPSA) is 17.8 Å². The van der Waals surface area contributed by atoms with Gasteiger partial charge in [0.15, 0.2) is 0 Å². The van der Waals surface area contributed by atoms with Crippen molar-refractivity contribution >= 4 is 0 Å². The molecule has 0 amide bonds. The third kappa shape index (κ3) is 6.54. The molecule has 1 heterocycles. The van der Waals surface area contributed by atoms with Crippen LogP contribution in [0.15, 0.2) is 18.7 Å². The number of unbranched alkanes of at least 4 members (excludes halogenated alkanes) is 7. The predicted octanol–water partition coefficient (Wildman–Crippen LogP) is 6.57.